The molecule has 0 spiro atoms. The summed E-state index contributed by atoms with van der Waals surface area (Å²) in [4.78, 5) is 35.9. The summed E-state index contributed by atoms with van der Waals surface area (Å²) >= 11 is 2.35. The second kappa shape index (κ2) is 7.69. The van der Waals surface area contributed by atoms with Gasteiger partial charge in [-0.25, -0.2) is 0 Å². The van der Waals surface area contributed by atoms with Gasteiger partial charge in [-0.3, -0.25) is 24.8 Å². The molecule has 3 rings (SSSR count). The average molecular weight is 409 g/mol. The fraction of sp³-hybridized carbons (Fsp3) is 0.438. The van der Waals surface area contributed by atoms with Crippen LogP contribution in [0.15, 0.2) is 5.03 Å². The summed E-state index contributed by atoms with van der Waals surface area (Å²) < 4.78 is 0. The van der Waals surface area contributed by atoms with Crippen molar-refractivity contribution in [2.75, 3.05) is 11.1 Å². The summed E-state index contributed by atoms with van der Waals surface area (Å²) in [6.07, 6.45) is 2.62. The lowest BCUT2D eigenvalue weighted by atomic mass is 9.88. The highest BCUT2D eigenvalue weighted by Gasteiger charge is 2.28. The predicted molar refractivity (Wildman–Crippen MR) is 103 cm³/mol. The zero-order chi connectivity index (χ0) is 19.7. The molecular weight excluding hydrogens is 390 g/mol. The first kappa shape index (κ1) is 19.4. The van der Waals surface area contributed by atoms with Gasteiger partial charge in [0.15, 0.2) is 5.03 Å². The van der Waals surface area contributed by atoms with Crippen molar-refractivity contribution in [3.63, 3.8) is 0 Å². The maximum absolute atomic E-state index is 12.3. The maximum atomic E-state index is 12.3. The third kappa shape index (κ3) is 3.98. The highest BCUT2D eigenvalue weighted by Crippen LogP contribution is 2.39. The lowest BCUT2D eigenvalue weighted by Gasteiger charge is -2.18. The number of anilines is 1. The quantitative estimate of drug-likeness (QED) is 0.380. The third-order valence-corrected chi connectivity index (χ3v) is 6.55. The van der Waals surface area contributed by atoms with Crippen LogP contribution in [0.2, 0.25) is 0 Å². The van der Waals surface area contributed by atoms with Gasteiger partial charge in [-0.1, -0.05) is 18.7 Å². The van der Waals surface area contributed by atoms with Crippen molar-refractivity contribution >= 4 is 45.6 Å². The van der Waals surface area contributed by atoms with E-state index in [4.69, 9.17) is 5.73 Å². The minimum Gasteiger partial charge on any atom is -0.365 e. The number of hydrogen-bond acceptors (Lipinski definition) is 7. The second-order valence-corrected chi connectivity index (χ2v) is 8.59. The smallest absolute Gasteiger partial charge is 0.323 e. The summed E-state index contributed by atoms with van der Waals surface area (Å²) in [6, 6.07) is 0. The number of aryl methyl sites for hydroxylation is 1. The molecule has 0 saturated carbocycles. The van der Waals surface area contributed by atoms with Gasteiger partial charge in [0.25, 0.3) is 5.91 Å². The number of nitrogens with two attached hydrogens (primary N) is 1. The van der Waals surface area contributed by atoms with Crippen LogP contribution in [0, 0.1) is 23.0 Å². The zero-order valence-corrected chi connectivity index (χ0v) is 16.5. The maximum Gasteiger partial charge on any atom is 0.323 e. The van der Waals surface area contributed by atoms with Gasteiger partial charge in [-0.2, -0.15) is 5.10 Å². The Kier molecular flexibility index (Phi) is 5.51. The Labute approximate surface area is 163 Å². The minimum atomic E-state index is -0.552. The monoisotopic (exact) mass is 409 g/mol. The highest BCUT2D eigenvalue weighted by atomic mass is 32.2. The number of aromatic amines is 1. The van der Waals surface area contributed by atoms with Crippen LogP contribution >= 0.6 is 23.1 Å². The van der Waals surface area contributed by atoms with Crippen molar-refractivity contribution in [3.05, 3.63) is 31.8 Å². The van der Waals surface area contributed by atoms with Gasteiger partial charge >= 0.3 is 5.69 Å². The van der Waals surface area contributed by atoms with Crippen LogP contribution in [0.4, 0.5) is 10.7 Å². The fourth-order valence-corrected chi connectivity index (χ4v) is 5.36. The van der Waals surface area contributed by atoms with Crippen LogP contribution in [0.3, 0.4) is 0 Å². The summed E-state index contributed by atoms with van der Waals surface area (Å²) in [6.45, 7) is 3.70. The fourth-order valence-electron chi connectivity index (χ4n) is 3.11. The molecule has 144 valence electrons. The molecule has 9 nitrogen and oxygen atoms in total. The van der Waals surface area contributed by atoms with E-state index in [0.29, 0.717) is 22.2 Å². The van der Waals surface area contributed by atoms with Crippen molar-refractivity contribution in [2.24, 2.45) is 11.7 Å². The Balaban J connectivity index is 1.73. The molecule has 1 unspecified atom stereocenters. The van der Waals surface area contributed by atoms with Crippen LogP contribution < -0.4 is 11.1 Å². The van der Waals surface area contributed by atoms with Crippen molar-refractivity contribution in [3.8, 4) is 0 Å². The van der Waals surface area contributed by atoms with E-state index in [-0.39, 0.29) is 22.4 Å². The van der Waals surface area contributed by atoms with E-state index in [9.17, 15) is 19.7 Å². The van der Waals surface area contributed by atoms with Crippen LogP contribution in [0.5, 0.6) is 0 Å². The number of hydrogen-bond donors (Lipinski definition) is 3. The van der Waals surface area contributed by atoms with Gasteiger partial charge in [0.2, 0.25) is 5.91 Å². The molecule has 0 fully saturated rings. The molecule has 0 radical (unpaired) electrons. The molecular formula is C16H19N5O4S2. The van der Waals surface area contributed by atoms with Crippen molar-refractivity contribution < 1.29 is 14.5 Å². The van der Waals surface area contributed by atoms with Gasteiger partial charge in [-0.15, -0.1) is 11.3 Å². The molecule has 0 bridgehead atoms. The van der Waals surface area contributed by atoms with Crippen molar-refractivity contribution in [2.45, 2.75) is 38.1 Å². The number of nitrogens with zero attached hydrogens (tertiary/aromatic N) is 2. The Morgan fingerprint density at radius 3 is 2.93 bits per heavy atom. The average Bonchev–Trinajstić information content (AvgIpc) is 3.12. The topological polar surface area (TPSA) is 144 Å². The molecule has 0 aromatic carbocycles. The zero-order valence-electron chi connectivity index (χ0n) is 14.8. The van der Waals surface area contributed by atoms with E-state index < -0.39 is 10.8 Å². The SMILES string of the molecule is Cc1[nH]nc(SCC(=O)Nc2sc3c(c2C(N)=O)CCC(C)C3)c1[N+](=O)[O-]. The Morgan fingerprint density at radius 2 is 2.26 bits per heavy atom. The first-order valence-electron chi connectivity index (χ1n) is 8.34. The molecule has 27 heavy (non-hydrogen) atoms. The van der Waals surface area contributed by atoms with E-state index in [2.05, 4.69) is 22.4 Å². The number of fused-ring (bicyclic) bond motifs is 1. The summed E-state index contributed by atoms with van der Waals surface area (Å²) in [5.41, 5.74) is 7.06. The molecule has 1 aliphatic rings. The number of aromatic nitrogens is 2. The Morgan fingerprint density at radius 1 is 1.52 bits per heavy atom. The molecule has 0 aliphatic heterocycles. The van der Waals surface area contributed by atoms with Gasteiger partial charge in [0, 0.05) is 4.88 Å². The predicted octanol–water partition coefficient (Wildman–Crippen LogP) is 2.64. The summed E-state index contributed by atoms with van der Waals surface area (Å²) in [5, 5.41) is 20.9. The molecule has 0 saturated heterocycles. The number of primary amides is 1. The van der Waals surface area contributed by atoms with E-state index >= 15 is 0 Å². The van der Waals surface area contributed by atoms with E-state index in [0.717, 1.165) is 41.5 Å². The van der Waals surface area contributed by atoms with E-state index in [1.807, 2.05) is 0 Å². The van der Waals surface area contributed by atoms with E-state index in [1.54, 1.807) is 6.92 Å². The molecule has 1 aliphatic carbocycles. The Hall–Kier alpha value is -2.40. The second-order valence-electron chi connectivity index (χ2n) is 6.52. The number of amides is 2. The lowest BCUT2D eigenvalue weighted by Crippen LogP contribution is -2.20. The standard InChI is InChI=1S/C16H19N5O4S2/c1-7-3-4-9-10(5-7)27-15(12(9)14(17)23)18-11(22)6-26-16-13(21(24)25)8(2)19-20-16/h7H,3-6H2,1-2H3,(H2,17,23)(H,18,22)(H,19,20). The molecule has 2 aromatic rings. The summed E-state index contributed by atoms with van der Waals surface area (Å²) in [7, 11) is 0. The molecule has 11 heteroatoms. The number of thiophene rings is 1. The van der Waals surface area contributed by atoms with Gasteiger partial charge in [0.05, 0.1) is 16.2 Å². The van der Waals surface area contributed by atoms with Gasteiger partial charge in [-0.05, 0) is 37.7 Å². The van der Waals surface area contributed by atoms with Crippen LogP contribution in [-0.2, 0) is 17.6 Å². The van der Waals surface area contributed by atoms with Gasteiger partial charge in [0.1, 0.15) is 10.7 Å². The first-order valence-corrected chi connectivity index (χ1v) is 10.1. The van der Waals surface area contributed by atoms with E-state index in [1.165, 1.54) is 11.3 Å². The van der Waals surface area contributed by atoms with Crippen LogP contribution in [-0.4, -0.2) is 32.7 Å². The molecule has 1 atom stereocenters. The lowest BCUT2D eigenvalue weighted by molar-refractivity contribution is -0.388. The Bertz CT molecular complexity index is 920. The minimum absolute atomic E-state index is 0.0672. The molecule has 2 heterocycles. The number of carbonyl (C=O) groups excluding carboxylic acids is 2. The molecule has 2 amide bonds. The first-order chi connectivity index (χ1) is 12.8. The number of H-pyrrole nitrogens is 1. The van der Waals surface area contributed by atoms with Crippen molar-refractivity contribution in [1.29, 1.82) is 0 Å². The third-order valence-electron chi connectivity index (χ3n) is 4.42. The molecule has 4 N–H and O–H groups in total. The normalized spacial score (nSPS) is 16.0. The number of nitrogens with one attached hydrogen (secondary N) is 2. The highest BCUT2D eigenvalue weighted by molar-refractivity contribution is 8.00. The van der Waals surface area contributed by atoms with Gasteiger partial charge < -0.3 is 11.1 Å². The number of nitro groups is 1. The number of thioether (sulfide) groups is 1. The number of rotatable bonds is 6. The van der Waals surface area contributed by atoms with Crippen LogP contribution in [0.1, 0.15) is 39.8 Å². The number of carbonyl (C=O) groups is 2. The molecule has 2 aromatic heterocycles. The van der Waals surface area contributed by atoms with Crippen LogP contribution in [0.25, 0.3) is 0 Å². The largest absolute Gasteiger partial charge is 0.365 e. The van der Waals surface area contributed by atoms with Crippen molar-refractivity contribution in [1.82, 2.24) is 10.2 Å². The summed E-state index contributed by atoms with van der Waals surface area (Å²) in [5.74, 6) is -0.463.